The molecule has 0 saturated carbocycles. The summed E-state index contributed by atoms with van der Waals surface area (Å²) >= 11 is 0. The Balaban J connectivity index is 1.32. The number of hydrogen-bond donors (Lipinski definition) is 4. The van der Waals surface area contributed by atoms with Gasteiger partial charge in [0.15, 0.2) is 0 Å². The number of H-pyrrole nitrogens is 1. The summed E-state index contributed by atoms with van der Waals surface area (Å²) in [6.45, 7) is 4.27. The van der Waals surface area contributed by atoms with E-state index in [2.05, 4.69) is 50.0 Å². The van der Waals surface area contributed by atoms with Gasteiger partial charge in [-0.05, 0) is 55.6 Å². The quantitative estimate of drug-likeness (QED) is 0.146. The maximum Gasteiger partial charge on any atom is 0.251 e. The largest absolute Gasteiger partial charge is 0.363 e. The van der Waals surface area contributed by atoms with Gasteiger partial charge in [-0.25, -0.2) is 9.97 Å². The van der Waals surface area contributed by atoms with Gasteiger partial charge in [-0.1, -0.05) is 48.9 Å². The van der Waals surface area contributed by atoms with E-state index in [0.717, 1.165) is 60.2 Å². The van der Waals surface area contributed by atoms with Crippen molar-refractivity contribution in [1.82, 2.24) is 25.6 Å². The number of carbonyl (C=O) groups excluding carboxylic acids is 2. The number of aromatic nitrogens is 3. The molecule has 8 nitrogen and oxygen atoms in total. The smallest absolute Gasteiger partial charge is 0.251 e. The molecule has 0 unspecified atom stereocenters. The Labute approximate surface area is 217 Å². The lowest BCUT2D eigenvalue weighted by Crippen LogP contribution is -2.32. The number of benzene rings is 2. The number of anilines is 1. The molecule has 2 aromatic carbocycles. The molecule has 0 aliphatic carbocycles. The van der Waals surface area contributed by atoms with Crippen LogP contribution in [-0.2, 0) is 4.79 Å². The first kappa shape index (κ1) is 26.0. The summed E-state index contributed by atoms with van der Waals surface area (Å²) in [5, 5.41) is 10.7. The third kappa shape index (κ3) is 7.24. The van der Waals surface area contributed by atoms with Crippen LogP contribution in [0.4, 0.5) is 5.82 Å². The van der Waals surface area contributed by atoms with Crippen LogP contribution in [0.15, 0.2) is 67.0 Å². The summed E-state index contributed by atoms with van der Waals surface area (Å²) < 4.78 is 0. The number of aromatic amines is 1. The lowest BCUT2D eigenvalue weighted by Gasteiger charge is -2.15. The van der Waals surface area contributed by atoms with Gasteiger partial charge in [0.1, 0.15) is 24.1 Å². The molecule has 4 aromatic rings. The fourth-order valence-corrected chi connectivity index (χ4v) is 4.19. The molecular weight excluding hydrogens is 464 g/mol. The van der Waals surface area contributed by atoms with Crippen molar-refractivity contribution >= 4 is 29.0 Å². The number of carbonyl (C=O) groups is 2. The molecule has 0 aliphatic rings. The second kappa shape index (κ2) is 13.3. The van der Waals surface area contributed by atoms with Gasteiger partial charge in [-0.15, -0.1) is 0 Å². The lowest BCUT2D eigenvalue weighted by molar-refractivity contribution is -0.107. The van der Waals surface area contributed by atoms with Gasteiger partial charge in [-0.2, -0.15) is 0 Å². The van der Waals surface area contributed by atoms with Crippen molar-refractivity contribution in [3.63, 3.8) is 0 Å². The fraction of sp³-hybridized carbons (Fsp3) is 0.310. The third-order valence-corrected chi connectivity index (χ3v) is 6.30. The zero-order chi connectivity index (χ0) is 25.9. The van der Waals surface area contributed by atoms with Crippen LogP contribution < -0.4 is 16.0 Å². The lowest BCUT2D eigenvalue weighted by atomic mass is 10.1. The van der Waals surface area contributed by atoms with Crippen LogP contribution in [0.1, 0.15) is 54.6 Å². The molecule has 192 valence electrons. The molecule has 8 heteroatoms. The zero-order valence-electron chi connectivity index (χ0n) is 21.2. The summed E-state index contributed by atoms with van der Waals surface area (Å²) in [5.41, 5.74) is 4.43. The monoisotopic (exact) mass is 498 g/mol. The predicted molar refractivity (Wildman–Crippen MR) is 148 cm³/mol. The molecule has 0 aliphatic heterocycles. The highest BCUT2D eigenvalue weighted by Gasteiger charge is 2.13. The van der Waals surface area contributed by atoms with Crippen LogP contribution in [0, 0.1) is 0 Å². The fourth-order valence-electron chi connectivity index (χ4n) is 4.19. The van der Waals surface area contributed by atoms with E-state index in [0.29, 0.717) is 25.1 Å². The Morgan fingerprint density at radius 2 is 1.78 bits per heavy atom. The number of nitrogens with one attached hydrogen (secondary N) is 4. The van der Waals surface area contributed by atoms with E-state index in [-0.39, 0.29) is 11.9 Å². The van der Waals surface area contributed by atoms with Crippen molar-refractivity contribution in [3.8, 4) is 11.3 Å². The number of hydrogen-bond acceptors (Lipinski definition) is 6. The summed E-state index contributed by atoms with van der Waals surface area (Å²) in [5.74, 6) is 0.678. The minimum atomic E-state index is -0.0942. The van der Waals surface area contributed by atoms with E-state index in [1.807, 2.05) is 48.5 Å². The first-order valence-corrected chi connectivity index (χ1v) is 12.8. The average Bonchev–Trinajstić information content (AvgIpc) is 3.38. The molecule has 2 heterocycles. The number of fused-ring (bicyclic) bond motifs is 1. The van der Waals surface area contributed by atoms with Crippen LogP contribution in [0.3, 0.4) is 0 Å². The van der Waals surface area contributed by atoms with Crippen molar-refractivity contribution < 1.29 is 9.59 Å². The second-order valence-electron chi connectivity index (χ2n) is 9.04. The van der Waals surface area contributed by atoms with Crippen LogP contribution >= 0.6 is 0 Å². The van der Waals surface area contributed by atoms with Gasteiger partial charge in [-0.3, -0.25) is 4.79 Å². The van der Waals surface area contributed by atoms with E-state index >= 15 is 0 Å². The molecular formula is C29H34N6O2. The van der Waals surface area contributed by atoms with E-state index in [9.17, 15) is 9.59 Å². The molecule has 2 aromatic heterocycles. The summed E-state index contributed by atoms with van der Waals surface area (Å²) in [6.07, 6.45) is 6.17. The van der Waals surface area contributed by atoms with Crippen LogP contribution in [0.5, 0.6) is 0 Å². The van der Waals surface area contributed by atoms with E-state index in [1.165, 1.54) is 5.56 Å². The molecule has 1 amide bonds. The van der Waals surface area contributed by atoms with E-state index in [4.69, 9.17) is 0 Å². The molecule has 0 fully saturated rings. The molecule has 0 radical (unpaired) electrons. The van der Waals surface area contributed by atoms with Crippen molar-refractivity contribution in [3.05, 3.63) is 78.1 Å². The average molecular weight is 499 g/mol. The molecule has 4 rings (SSSR count). The Morgan fingerprint density at radius 1 is 0.973 bits per heavy atom. The molecule has 37 heavy (non-hydrogen) atoms. The van der Waals surface area contributed by atoms with Gasteiger partial charge < -0.3 is 25.7 Å². The van der Waals surface area contributed by atoms with Crippen molar-refractivity contribution in [2.45, 2.75) is 38.6 Å². The Kier molecular flexibility index (Phi) is 9.37. The van der Waals surface area contributed by atoms with Gasteiger partial charge in [0.25, 0.3) is 5.91 Å². The Hall–Kier alpha value is -4.04. The van der Waals surface area contributed by atoms with Gasteiger partial charge in [0.05, 0.1) is 5.39 Å². The van der Waals surface area contributed by atoms with Gasteiger partial charge in [0.2, 0.25) is 0 Å². The highest BCUT2D eigenvalue weighted by molar-refractivity contribution is 5.95. The van der Waals surface area contributed by atoms with E-state index in [1.54, 1.807) is 6.33 Å². The zero-order valence-corrected chi connectivity index (χ0v) is 21.2. The van der Waals surface area contributed by atoms with Crippen molar-refractivity contribution in [2.75, 3.05) is 25.0 Å². The molecule has 0 spiro atoms. The SMILES string of the molecule is C[C@@H](Nc1ncnc2[nH]c(-c3ccc(C(=O)NCCNCCCCCC=O)cc3)cc12)c1ccccc1. The number of aldehydes is 1. The summed E-state index contributed by atoms with van der Waals surface area (Å²) in [7, 11) is 0. The minimum Gasteiger partial charge on any atom is -0.363 e. The normalized spacial score (nSPS) is 11.8. The number of rotatable bonds is 14. The standard InChI is InChI=1S/C29H34N6O2/c1-21(22-9-5-4-6-10-22)34-27-25-19-26(35-28(25)33-20-32-27)23-11-13-24(14-12-23)29(37)31-17-16-30-15-7-2-3-8-18-36/h4-6,9-14,18-21,30H,2-3,7-8,15-17H2,1H3,(H,31,37)(H2,32,33,34,35)/t21-/m1/s1. The first-order chi connectivity index (χ1) is 18.2. The second-order valence-corrected chi connectivity index (χ2v) is 9.04. The van der Waals surface area contributed by atoms with Crippen LogP contribution in [-0.4, -0.2) is 46.8 Å². The van der Waals surface area contributed by atoms with Crippen LogP contribution in [0.2, 0.25) is 0 Å². The first-order valence-electron chi connectivity index (χ1n) is 12.8. The van der Waals surface area contributed by atoms with Gasteiger partial charge in [0, 0.05) is 36.8 Å². The molecule has 0 bridgehead atoms. The number of unbranched alkanes of at least 4 members (excludes halogenated alkanes) is 3. The highest BCUT2D eigenvalue weighted by Crippen LogP contribution is 2.29. The maximum atomic E-state index is 12.5. The van der Waals surface area contributed by atoms with Gasteiger partial charge >= 0.3 is 0 Å². The predicted octanol–water partition coefficient (Wildman–Crippen LogP) is 4.88. The molecule has 4 N–H and O–H groups in total. The Morgan fingerprint density at radius 3 is 2.57 bits per heavy atom. The summed E-state index contributed by atoms with van der Waals surface area (Å²) in [4.78, 5) is 35.0. The molecule has 1 atom stereocenters. The van der Waals surface area contributed by atoms with Crippen molar-refractivity contribution in [1.29, 1.82) is 0 Å². The maximum absolute atomic E-state index is 12.5. The highest BCUT2D eigenvalue weighted by atomic mass is 16.1. The molecule has 0 saturated heterocycles. The minimum absolute atomic E-state index is 0.0942. The Bertz CT molecular complexity index is 1290. The third-order valence-electron chi connectivity index (χ3n) is 6.30. The van der Waals surface area contributed by atoms with Crippen molar-refractivity contribution in [2.24, 2.45) is 0 Å². The number of amides is 1. The topological polar surface area (TPSA) is 112 Å². The van der Waals surface area contributed by atoms with Crippen LogP contribution in [0.25, 0.3) is 22.3 Å². The summed E-state index contributed by atoms with van der Waals surface area (Å²) in [6, 6.07) is 19.9. The van der Waals surface area contributed by atoms with E-state index < -0.39 is 0 Å². The number of nitrogens with zero attached hydrogens (tertiary/aromatic N) is 2.